The van der Waals surface area contributed by atoms with Gasteiger partial charge in [-0.05, 0) is 0 Å². The van der Waals surface area contributed by atoms with Crippen molar-refractivity contribution in [2.75, 3.05) is 6.61 Å². The first-order valence-corrected chi connectivity index (χ1v) is 4.12. The molecule has 0 aliphatic carbocycles. The van der Waals surface area contributed by atoms with Gasteiger partial charge in [0.2, 0.25) is 0 Å². The summed E-state index contributed by atoms with van der Waals surface area (Å²) in [6.07, 6.45) is -2.59. The minimum Gasteiger partial charge on any atom is -0.394 e. The molecule has 7 heteroatoms. The number of rotatable bonds is 3. The third-order valence-corrected chi connectivity index (χ3v) is 2.05. The van der Waals surface area contributed by atoms with Gasteiger partial charge in [0, 0.05) is 6.00 Å². The molecule has 66 valence electrons. The molecule has 0 aromatic carbocycles. The SMILES string of the molecule is [B][C@@H]1O[C@H](CO)[C@H](OP=O)[C@@H]1O. The Bertz CT molecular complexity index is 168. The molecule has 5 nitrogen and oxygen atoms in total. The van der Waals surface area contributed by atoms with Crippen molar-refractivity contribution in [1.82, 2.24) is 0 Å². The monoisotopic (exact) mass is 190 g/mol. The Morgan fingerprint density at radius 3 is 2.83 bits per heavy atom. The molecule has 0 amide bonds. The molecule has 0 aromatic rings. The molecule has 2 N–H and O–H groups in total. The van der Waals surface area contributed by atoms with Crippen molar-refractivity contribution < 1.29 is 24.0 Å². The molecule has 1 saturated heterocycles. The van der Waals surface area contributed by atoms with E-state index in [0.717, 1.165) is 0 Å². The van der Waals surface area contributed by atoms with Gasteiger partial charge >= 0.3 is 8.69 Å². The average molecular weight is 190 g/mol. The van der Waals surface area contributed by atoms with Crippen LogP contribution in [0.3, 0.4) is 0 Å². The van der Waals surface area contributed by atoms with Crippen molar-refractivity contribution in [3.8, 4) is 0 Å². The first-order chi connectivity index (χ1) is 5.70. The van der Waals surface area contributed by atoms with E-state index in [1.165, 1.54) is 0 Å². The van der Waals surface area contributed by atoms with Crippen LogP contribution in [-0.4, -0.2) is 49.0 Å². The molecule has 0 spiro atoms. The summed E-state index contributed by atoms with van der Waals surface area (Å²) in [4.78, 5) is 0. The number of ether oxygens (including phenoxy) is 1. The molecule has 0 saturated carbocycles. The van der Waals surface area contributed by atoms with Crippen LogP contribution in [0.5, 0.6) is 0 Å². The second-order valence-corrected chi connectivity index (χ2v) is 2.82. The molecule has 0 unspecified atom stereocenters. The van der Waals surface area contributed by atoms with E-state index < -0.39 is 33.0 Å². The fraction of sp³-hybridized carbons (Fsp3) is 1.00. The highest BCUT2D eigenvalue weighted by Gasteiger charge is 2.41. The van der Waals surface area contributed by atoms with Crippen LogP contribution < -0.4 is 0 Å². The van der Waals surface area contributed by atoms with Gasteiger partial charge in [-0.25, -0.2) is 4.57 Å². The highest BCUT2D eigenvalue weighted by molar-refractivity contribution is 7.17. The smallest absolute Gasteiger partial charge is 0.327 e. The van der Waals surface area contributed by atoms with Gasteiger partial charge < -0.3 is 14.9 Å². The molecular formula is C5H8BO5P. The van der Waals surface area contributed by atoms with Gasteiger partial charge in [-0.3, -0.25) is 4.52 Å². The summed E-state index contributed by atoms with van der Waals surface area (Å²) in [6.45, 7) is -0.328. The van der Waals surface area contributed by atoms with E-state index in [9.17, 15) is 9.67 Å². The zero-order valence-corrected chi connectivity index (χ0v) is 7.05. The summed E-state index contributed by atoms with van der Waals surface area (Å²) in [5, 5.41) is 18.0. The van der Waals surface area contributed by atoms with Gasteiger partial charge in [-0.15, -0.1) is 0 Å². The van der Waals surface area contributed by atoms with Gasteiger partial charge in [0.1, 0.15) is 26.2 Å². The second kappa shape index (κ2) is 4.30. The van der Waals surface area contributed by atoms with Gasteiger partial charge in [0.15, 0.2) is 0 Å². The first kappa shape index (κ1) is 10.1. The van der Waals surface area contributed by atoms with Crippen molar-refractivity contribution in [2.45, 2.75) is 24.3 Å². The van der Waals surface area contributed by atoms with Crippen molar-refractivity contribution in [1.29, 1.82) is 0 Å². The Morgan fingerprint density at radius 2 is 2.33 bits per heavy atom. The van der Waals surface area contributed by atoms with Gasteiger partial charge in [-0.2, -0.15) is 0 Å². The van der Waals surface area contributed by atoms with Crippen molar-refractivity contribution >= 4 is 16.5 Å². The van der Waals surface area contributed by atoms with E-state index >= 15 is 0 Å². The predicted octanol–water partition coefficient (Wildman–Crippen LogP) is -1.18. The van der Waals surface area contributed by atoms with Crippen LogP contribution in [0.4, 0.5) is 0 Å². The molecule has 12 heavy (non-hydrogen) atoms. The Hall–Kier alpha value is 0.00494. The van der Waals surface area contributed by atoms with Crippen LogP contribution in [0.2, 0.25) is 0 Å². The largest absolute Gasteiger partial charge is 0.394 e. The Morgan fingerprint density at radius 1 is 1.67 bits per heavy atom. The lowest BCUT2D eigenvalue weighted by Crippen LogP contribution is -2.34. The predicted molar refractivity (Wildman–Crippen MR) is 40.0 cm³/mol. The molecule has 1 aliphatic rings. The van der Waals surface area contributed by atoms with Crippen LogP contribution in [0.15, 0.2) is 0 Å². The lowest BCUT2D eigenvalue weighted by atomic mass is 9.93. The molecule has 0 bridgehead atoms. The zero-order valence-electron chi connectivity index (χ0n) is 6.16. The summed E-state index contributed by atoms with van der Waals surface area (Å²) in [7, 11) is 4.73. The molecular weight excluding hydrogens is 182 g/mol. The quantitative estimate of drug-likeness (QED) is 0.432. The molecule has 1 rings (SSSR count). The fourth-order valence-corrected chi connectivity index (χ4v) is 1.45. The Labute approximate surface area is 72.4 Å². The van der Waals surface area contributed by atoms with Crippen molar-refractivity contribution in [3.63, 3.8) is 0 Å². The lowest BCUT2D eigenvalue weighted by molar-refractivity contribution is 0.00589. The third kappa shape index (κ3) is 1.84. The number of hydrogen-bond acceptors (Lipinski definition) is 5. The first-order valence-electron chi connectivity index (χ1n) is 3.39. The normalized spacial score (nSPS) is 42.2. The second-order valence-electron chi connectivity index (χ2n) is 2.46. The maximum absolute atomic E-state index is 10.1. The highest BCUT2D eigenvalue weighted by atomic mass is 31.1. The molecule has 0 aromatic heterocycles. The molecule has 4 atom stereocenters. The van der Waals surface area contributed by atoms with Crippen molar-refractivity contribution in [3.05, 3.63) is 0 Å². The summed E-state index contributed by atoms with van der Waals surface area (Å²) in [5.41, 5.74) is 0. The summed E-state index contributed by atoms with van der Waals surface area (Å²) in [5.74, 6) is 0. The van der Waals surface area contributed by atoms with Crippen LogP contribution in [-0.2, 0) is 13.8 Å². The standard InChI is InChI=1S/C5H8BO5P/c6-5-3(8)4(11-12-9)2(1-7)10-5/h2-5,7-8H,1H2/t2-,3+,4+,5-/m1/s1. The Kier molecular flexibility index (Phi) is 3.62. The van der Waals surface area contributed by atoms with Crippen LogP contribution in [0.1, 0.15) is 0 Å². The van der Waals surface area contributed by atoms with E-state index in [-0.39, 0.29) is 6.61 Å². The molecule has 2 radical (unpaired) electrons. The minimum atomic E-state index is -1.05. The topological polar surface area (TPSA) is 76.0 Å². The molecule has 1 fully saturated rings. The van der Waals surface area contributed by atoms with Crippen LogP contribution >= 0.6 is 8.69 Å². The number of aliphatic hydroxyl groups is 2. The Balaban J connectivity index is 2.59. The summed E-state index contributed by atoms with van der Waals surface area (Å²) in [6, 6.07) is -0.895. The van der Waals surface area contributed by atoms with Crippen molar-refractivity contribution in [2.24, 2.45) is 0 Å². The summed E-state index contributed by atoms with van der Waals surface area (Å²) >= 11 is 0. The minimum absolute atomic E-state index is 0.328. The highest BCUT2D eigenvalue weighted by Crippen LogP contribution is 2.24. The van der Waals surface area contributed by atoms with E-state index in [1.807, 2.05) is 0 Å². The number of aliphatic hydroxyl groups excluding tert-OH is 2. The fourth-order valence-electron chi connectivity index (χ4n) is 1.09. The van der Waals surface area contributed by atoms with E-state index in [0.29, 0.717) is 0 Å². The van der Waals surface area contributed by atoms with E-state index in [4.69, 9.17) is 17.7 Å². The maximum atomic E-state index is 10.1. The average Bonchev–Trinajstić information content (AvgIpc) is 2.33. The molecule has 1 heterocycles. The zero-order chi connectivity index (χ0) is 9.14. The lowest BCUT2D eigenvalue weighted by Gasteiger charge is -2.14. The van der Waals surface area contributed by atoms with Crippen LogP contribution in [0, 0.1) is 0 Å². The van der Waals surface area contributed by atoms with Crippen LogP contribution in [0.25, 0.3) is 0 Å². The number of hydrogen-bond donors (Lipinski definition) is 2. The molecule has 1 aliphatic heterocycles. The van der Waals surface area contributed by atoms with Gasteiger partial charge in [-0.1, -0.05) is 0 Å². The van der Waals surface area contributed by atoms with E-state index in [1.54, 1.807) is 0 Å². The van der Waals surface area contributed by atoms with Gasteiger partial charge in [0.25, 0.3) is 0 Å². The third-order valence-electron chi connectivity index (χ3n) is 1.72. The maximum Gasteiger partial charge on any atom is 0.327 e. The van der Waals surface area contributed by atoms with Gasteiger partial charge in [0.05, 0.1) is 6.61 Å². The summed E-state index contributed by atoms with van der Waals surface area (Å²) < 4.78 is 19.5. The van der Waals surface area contributed by atoms with E-state index in [2.05, 4.69) is 4.52 Å².